The van der Waals surface area contributed by atoms with Crippen molar-refractivity contribution in [3.05, 3.63) is 45.7 Å². The Kier molecular flexibility index (Phi) is 11.2. The van der Waals surface area contributed by atoms with Crippen molar-refractivity contribution in [2.24, 2.45) is 0 Å². The summed E-state index contributed by atoms with van der Waals surface area (Å²) >= 11 is 2.12. The fourth-order valence-electron chi connectivity index (χ4n) is 4.71. The van der Waals surface area contributed by atoms with Gasteiger partial charge in [0.25, 0.3) is 0 Å². The molecule has 2 aromatic carbocycles. The summed E-state index contributed by atoms with van der Waals surface area (Å²) in [6.07, 6.45) is 1.35. The zero-order valence-corrected chi connectivity index (χ0v) is 26.9. The molecule has 2 heterocycles. The molecule has 4 aromatic rings. The lowest BCUT2D eigenvalue weighted by Crippen LogP contribution is -2.31. The van der Waals surface area contributed by atoms with E-state index in [1.807, 2.05) is 0 Å². The van der Waals surface area contributed by atoms with Crippen LogP contribution in [0.5, 0.6) is 23.0 Å². The molecule has 2 N–H and O–H groups in total. The average Bonchev–Trinajstić information content (AvgIpc) is 3.66. The van der Waals surface area contributed by atoms with Gasteiger partial charge in [0.1, 0.15) is 11.7 Å². The molecule has 246 valence electrons. The van der Waals surface area contributed by atoms with Gasteiger partial charge >= 0.3 is 11.9 Å². The van der Waals surface area contributed by atoms with Gasteiger partial charge in [0.15, 0.2) is 40.4 Å². The largest absolute Gasteiger partial charge is 0.493 e. The lowest BCUT2D eigenvalue weighted by Gasteiger charge is -2.20. The summed E-state index contributed by atoms with van der Waals surface area (Å²) < 4.78 is 53.9. The van der Waals surface area contributed by atoms with Crippen molar-refractivity contribution in [2.45, 2.75) is 50.9 Å². The number of ether oxygens (including phenoxy) is 4. The number of unbranched alkanes of at least 4 members (excludes halogenated alkanes) is 2. The van der Waals surface area contributed by atoms with Crippen LogP contribution in [0.4, 0.5) is 8.78 Å². The maximum absolute atomic E-state index is 15.5. The summed E-state index contributed by atoms with van der Waals surface area (Å²) in [7, 11) is 2.74. The van der Waals surface area contributed by atoms with E-state index >= 15 is 8.78 Å². The van der Waals surface area contributed by atoms with E-state index in [4.69, 9.17) is 24.1 Å². The Balaban J connectivity index is 1.36. The van der Waals surface area contributed by atoms with Gasteiger partial charge in [-0.05, 0) is 38.3 Å². The smallest absolute Gasteiger partial charge is 0.315 e. The molecule has 0 saturated heterocycles. The van der Waals surface area contributed by atoms with E-state index in [9.17, 15) is 24.3 Å². The fraction of sp³-hybridized carbons (Fsp3) is 0.375. The van der Waals surface area contributed by atoms with Gasteiger partial charge in [-0.3, -0.25) is 14.4 Å². The van der Waals surface area contributed by atoms with Crippen LogP contribution in [0.3, 0.4) is 0 Å². The monoisotopic (exact) mass is 678 g/mol. The number of carboxylic acid groups (broad SMARTS) is 2. The van der Waals surface area contributed by atoms with Crippen molar-refractivity contribution < 1.29 is 57.1 Å². The molecule has 1 unspecified atom stereocenters. The molecule has 0 aliphatic carbocycles. The minimum Gasteiger partial charge on any atom is -0.493 e. The molecule has 0 bridgehead atoms. The van der Waals surface area contributed by atoms with E-state index in [0.717, 1.165) is 22.7 Å². The Morgan fingerprint density at radius 1 is 0.826 bits per heavy atom. The molecule has 0 saturated carbocycles. The van der Waals surface area contributed by atoms with E-state index in [1.165, 1.54) is 33.3 Å². The molecule has 2 aromatic heterocycles. The summed E-state index contributed by atoms with van der Waals surface area (Å²) in [6, 6.07) is 5.95. The minimum absolute atomic E-state index is 0.101. The second kappa shape index (κ2) is 14.9. The number of carboxylic acids is 2. The van der Waals surface area contributed by atoms with Gasteiger partial charge in [0.2, 0.25) is 0 Å². The number of aliphatic carboxylic acids is 2. The Labute approximate surface area is 270 Å². The van der Waals surface area contributed by atoms with E-state index in [0.29, 0.717) is 39.8 Å². The molecular formula is C32H32F2O10S2. The molecule has 0 spiro atoms. The number of aldehydes is 1. The number of carbonyl (C=O) groups excluding carboxylic acids is 2. The number of hydrogen-bond donors (Lipinski definition) is 2. The molecular weight excluding hydrogens is 646 g/mol. The molecule has 0 amide bonds. The molecule has 14 heteroatoms. The average molecular weight is 679 g/mol. The van der Waals surface area contributed by atoms with Gasteiger partial charge in [0, 0.05) is 50.0 Å². The summed E-state index contributed by atoms with van der Waals surface area (Å²) in [4.78, 5) is 46.8. The minimum atomic E-state index is -1.50. The highest BCUT2D eigenvalue weighted by Gasteiger charge is 2.37. The zero-order valence-electron chi connectivity index (χ0n) is 25.3. The highest BCUT2D eigenvalue weighted by Crippen LogP contribution is 2.44. The third-order valence-electron chi connectivity index (χ3n) is 7.43. The van der Waals surface area contributed by atoms with Crippen molar-refractivity contribution in [3.63, 3.8) is 0 Å². The first-order chi connectivity index (χ1) is 21.9. The molecule has 10 nitrogen and oxygen atoms in total. The Hall–Kier alpha value is -4.30. The van der Waals surface area contributed by atoms with Crippen molar-refractivity contribution in [1.82, 2.24) is 0 Å². The van der Waals surface area contributed by atoms with Crippen LogP contribution in [0.15, 0.2) is 24.3 Å². The summed E-state index contributed by atoms with van der Waals surface area (Å²) in [5.74, 6) is -3.97. The lowest BCUT2D eigenvalue weighted by atomic mass is 9.85. The van der Waals surface area contributed by atoms with E-state index in [2.05, 4.69) is 0 Å². The highest BCUT2D eigenvalue weighted by molar-refractivity contribution is 7.21. The molecule has 0 aliphatic rings. The third-order valence-corrected chi connectivity index (χ3v) is 9.90. The van der Waals surface area contributed by atoms with Gasteiger partial charge in [-0.1, -0.05) is 0 Å². The summed E-state index contributed by atoms with van der Waals surface area (Å²) in [6.45, 7) is 1.68. The number of rotatable bonds is 18. The molecule has 1 atom stereocenters. The molecule has 46 heavy (non-hydrogen) atoms. The Morgan fingerprint density at radius 2 is 1.37 bits per heavy atom. The fourth-order valence-corrected chi connectivity index (χ4v) is 7.00. The second-order valence-electron chi connectivity index (χ2n) is 10.6. The van der Waals surface area contributed by atoms with Crippen molar-refractivity contribution in [1.29, 1.82) is 0 Å². The number of fused-ring (bicyclic) bond motifs is 2. The van der Waals surface area contributed by atoms with E-state index < -0.39 is 29.0 Å². The molecule has 0 fully saturated rings. The summed E-state index contributed by atoms with van der Waals surface area (Å²) in [5.41, 5.74) is -1.50. The van der Waals surface area contributed by atoms with Crippen molar-refractivity contribution >= 4 is 66.9 Å². The number of benzene rings is 2. The van der Waals surface area contributed by atoms with Crippen molar-refractivity contribution in [2.75, 3.05) is 27.4 Å². The third kappa shape index (κ3) is 7.23. The first kappa shape index (κ1) is 34.6. The normalized spacial score (nSPS) is 12.5. The lowest BCUT2D eigenvalue weighted by molar-refractivity contribution is -0.144. The van der Waals surface area contributed by atoms with Crippen molar-refractivity contribution in [3.8, 4) is 23.0 Å². The van der Waals surface area contributed by atoms with Gasteiger partial charge in [0.05, 0.1) is 38.7 Å². The number of thiophene rings is 2. The molecule has 0 aliphatic heterocycles. The number of methoxy groups -OCH3 is 2. The van der Waals surface area contributed by atoms with Crippen LogP contribution in [0.25, 0.3) is 20.2 Å². The Bertz CT molecular complexity index is 1780. The highest BCUT2D eigenvalue weighted by atomic mass is 32.1. The topological polar surface area (TPSA) is 146 Å². The van der Waals surface area contributed by atoms with E-state index in [-0.39, 0.29) is 76.9 Å². The first-order valence-electron chi connectivity index (χ1n) is 14.2. The van der Waals surface area contributed by atoms with Crippen LogP contribution in [0.2, 0.25) is 0 Å². The number of hydrogen-bond acceptors (Lipinski definition) is 10. The quantitative estimate of drug-likeness (QED) is 0.0640. The van der Waals surface area contributed by atoms with Gasteiger partial charge in [-0.25, -0.2) is 8.78 Å². The van der Waals surface area contributed by atoms with E-state index in [1.54, 1.807) is 12.1 Å². The SMILES string of the molecule is COc1cc2sc(C(=O)CCC(=O)O)cc2c(F)c1OCCCCCOc1c(OC)cc2sc(C(C)(CC=O)C(=O)O)cc2c1F. The van der Waals surface area contributed by atoms with Crippen LogP contribution in [0.1, 0.15) is 60.0 Å². The van der Waals surface area contributed by atoms with Gasteiger partial charge < -0.3 is 34.0 Å². The van der Waals surface area contributed by atoms with Crippen LogP contribution >= 0.6 is 22.7 Å². The standard InChI is InChI=1S/C32H32F2O10S2/c1-32(9-10-35,31(39)40)25-14-18-23(46-25)16-21(42-3)30(28(18)34)44-12-6-4-5-11-43-29-20(41-2)15-22-17(27(29)33)13-24(45-22)19(36)7-8-26(37)38/h10,13-16H,4-9,11-12H2,1-3H3,(H,37,38)(H,39,40). The molecule has 4 rings (SSSR count). The van der Waals surface area contributed by atoms with Crippen LogP contribution in [-0.2, 0) is 19.8 Å². The second-order valence-corrected chi connectivity index (χ2v) is 12.7. The number of halogens is 2. The number of ketones is 1. The maximum atomic E-state index is 15.5. The molecule has 0 radical (unpaired) electrons. The van der Waals surface area contributed by atoms with Gasteiger partial charge in [-0.15, -0.1) is 22.7 Å². The van der Waals surface area contributed by atoms with Crippen LogP contribution in [-0.4, -0.2) is 61.7 Å². The van der Waals surface area contributed by atoms with Gasteiger partial charge in [-0.2, -0.15) is 0 Å². The Morgan fingerprint density at radius 3 is 1.87 bits per heavy atom. The predicted octanol–water partition coefficient (Wildman–Crippen LogP) is 7.02. The number of carbonyl (C=O) groups is 4. The summed E-state index contributed by atoms with van der Waals surface area (Å²) in [5, 5.41) is 18.9. The predicted molar refractivity (Wildman–Crippen MR) is 168 cm³/mol. The maximum Gasteiger partial charge on any atom is 0.315 e. The van der Waals surface area contributed by atoms with Crippen LogP contribution in [0, 0.1) is 11.6 Å². The van der Waals surface area contributed by atoms with Crippen LogP contribution < -0.4 is 18.9 Å². The zero-order chi connectivity index (χ0) is 33.6. The number of Topliss-reactive ketones (excluding diaryl/α,β-unsaturated/α-hetero) is 1. The first-order valence-corrected chi connectivity index (χ1v) is 15.9.